The summed E-state index contributed by atoms with van der Waals surface area (Å²) in [5.74, 6) is -0.528. The largest absolute Gasteiger partial charge is 0.494 e. The van der Waals surface area contributed by atoms with Crippen LogP contribution in [0.1, 0.15) is 56.1 Å². The highest BCUT2D eigenvalue weighted by molar-refractivity contribution is 5.88. The molecule has 1 saturated heterocycles. The number of hydrogen-bond donors (Lipinski definition) is 3. The van der Waals surface area contributed by atoms with Gasteiger partial charge in [0.25, 0.3) is 0 Å². The highest BCUT2D eigenvalue weighted by atomic mass is 19.4. The molecular weight excluding hydrogens is 669 g/mol. The van der Waals surface area contributed by atoms with Gasteiger partial charge in [-0.3, -0.25) is 9.69 Å². The maximum absolute atomic E-state index is 14.9. The van der Waals surface area contributed by atoms with Gasteiger partial charge in [0.1, 0.15) is 29.0 Å². The van der Waals surface area contributed by atoms with E-state index in [1.807, 2.05) is 31.2 Å². The number of para-hydroxylation sites is 1. The van der Waals surface area contributed by atoms with Gasteiger partial charge in [-0.1, -0.05) is 37.6 Å². The number of likely N-dealkylation sites (tertiary alicyclic amines) is 1. The van der Waals surface area contributed by atoms with Crippen molar-refractivity contribution in [1.29, 1.82) is 0 Å². The van der Waals surface area contributed by atoms with Crippen molar-refractivity contribution < 1.29 is 31.5 Å². The minimum atomic E-state index is -4.27. The van der Waals surface area contributed by atoms with Crippen LogP contribution >= 0.6 is 0 Å². The van der Waals surface area contributed by atoms with Crippen LogP contribution in [0.4, 0.5) is 45.0 Å². The third-order valence-electron chi connectivity index (χ3n) is 8.11. The van der Waals surface area contributed by atoms with Crippen LogP contribution in [0.3, 0.4) is 0 Å². The number of allylic oxidation sites excluding steroid dienone is 1. The number of rotatable bonds is 15. The number of carbonyl (C=O) groups is 1. The van der Waals surface area contributed by atoms with E-state index in [2.05, 4.69) is 20.9 Å². The van der Waals surface area contributed by atoms with Gasteiger partial charge in [0, 0.05) is 90.8 Å². The summed E-state index contributed by atoms with van der Waals surface area (Å²) in [5, 5.41) is 9.14. The summed E-state index contributed by atoms with van der Waals surface area (Å²) >= 11 is 0. The number of halogens is 5. The second-order valence-electron chi connectivity index (χ2n) is 12.3. The van der Waals surface area contributed by atoms with Crippen LogP contribution in [0.15, 0.2) is 67.0 Å². The van der Waals surface area contributed by atoms with Crippen molar-refractivity contribution in [2.45, 2.75) is 52.8 Å². The standard InChI is InChI=1S/C37H40F5N7O2/c1-4-6-9-29(28-10-7-8-11-33(28)44-19-30-31(38)16-27(51-5-2)17-32(30)39)36-45-18-25(14-24-20-49(21-24)22-37(40,41)42)35(48-36)47-26-12-13-43-34(15-26)46-23(3)50/h7-13,15-18,24,44H,4-6,14,19-22H2,1-3H3,(H2,43,45,46,47,48,50)/b29-9+. The molecule has 0 aliphatic carbocycles. The van der Waals surface area contributed by atoms with Crippen molar-refractivity contribution in [2.75, 3.05) is 42.2 Å². The number of ether oxygens (including phenoxy) is 1. The van der Waals surface area contributed by atoms with Crippen molar-refractivity contribution in [2.24, 2.45) is 5.92 Å². The Balaban J connectivity index is 1.47. The van der Waals surface area contributed by atoms with Crippen LogP contribution in [0, 0.1) is 17.6 Å². The smallest absolute Gasteiger partial charge is 0.401 e. The Kier molecular flexibility index (Phi) is 12.2. The molecule has 2 aromatic carbocycles. The van der Waals surface area contributed by atoms with Crippen molar-refractivity contribution in [3.05, 3.63) is 101 Å². The number of carbonyl (C=O) groups excluding carboxylic acids is 1. The van der Waals surface area contributed by atoms with E-state index in [4.69, 9.17) is 14.7 Å². The first kappa shape index (κ1) is 37.2. The van der Waals surface area contributed by atoms with Crippen LogP contribution in [0.2, 0.25) is 0 Å². The van der Waals surface area contributed by atoms with Crippen LogP contribution in [0.25, 0.3) is 5.57 Å². The lowest BCUT2D eigenvalue weighted by Gasteiger charge is -2.39. The SMILES string of the molecule is CCC/C=C(/c1ncc(CC2CN(CC(F)(F)F)C2)c(Nc2ccnc(NC(C)=O)c2)n1)c1ccccc1NCc1c(F)cc(OCC)cc1F. The molecule has 3 heterocycles. The van der Waals surface area contributed by atoms with E-state index in [1.54, 1.807) is 31.3 Å². The van der Waals surface area contributed by atoms with E-state index in [1.165, 1.54) is 18.0 Å². The lowest BCUT2D eigenvalue weighted by Crippen LogP contribution is -2.51. The van der Waals surface area contributed by atoms with Gasteiger partial charge >= 0.3 is 6.18 Å². The monoisotopic (exact) mass is 709 g/mol. The zero-order valence-corrected chi connectivity index (χ0v) is 28.6. The number of alkyl halides is 3. The fourth-order valence-corrected chi connectivity index (χ4v) is 5.85. The number of pyridine rings is 1. The highest BCUT2D eigenvalue weighted by Gasteiger charge is 2.37. The third kappa shape index (κ3) is 10.2. The van der Waals surface area contributed by atoms with Crippen molar-refractivity contribution in [1.82, 2.24) is 19.9 Å². The quantitative estimate of drug-likeness (QED) is 0.106. The Morgan fingerprint density at radius 2 is 1.80 bits per heavy atom. The molecule has 51 heavy (non-hydrogen) atoms. The normalized spacial score (nSPS) is 13.8. The molecule has 1 aliphatic rings. The van der Waals surface area contributed by atoms with E-state index in [9.17, 15) is 26.7 Å². The average molecular weight is 710 g/mol. The fraction of sp³-hybridized carbons (Fsp3) is 0.351. The number of hydrogen-bond acceptors (Lipinski definition) is 8. The van der Waals surface area contributed by atoms with Crippen molar-refractivity contribution in [3.8, 4) is 5.75 Å². The van der Waals surface area contributed by atoms with Gasteiger partial charge in [-0.25, -0.2) is 23.7 Å². The highest BCUT2D eigenvalue weighted by Crippen LogP contribution is 2.33. The first-order valence-corrected chi connectivity index (χ1v) is 16.7. The van der Waals surface area contributed by atoms with Gasteiger partial charge in [0.15, 0.2) is 5.82 Å². The Labute approximate surface area is 293 Å². The molecule has 2 aromatic heterocycles. The van der Waals surface area contributed by atoms with E-state index in [0.29, 0.717) is 71.5 Å². The summed E-state index contributed by atoms with van der Waals surface area (Å²) in [6, 6.07) is 13.0. The molecule has 5 rings (SSSR count). The molecule has 0 saturated carbocycles. The lowest BCUT2D eigenvalue weighted by atomic mass is 9.92. The van der Waals surface area contributed by atoms with Gasteiger partial charge in [-0.2, -0.15) is 13.2 Å². The molecule has 4 aromatic rings. The molecule has 0 atom stereocenters. The van der Waals surface area contributed by atoms with E-state index < -0.39 is 24.4 Å². The Morgan fingerprint density at radius 3 is 2.49 bits per heavy atom. The molecule has 1 amide bonds. The van der Waals surface area contributed by atoms with E-state index in [0.717, 1.165) is 18.6 Å². The van der Waals surface area contributed by atoms with Gasteiger partial charge in [0.05, 0.1) is 13.2 Å². The number of amides is 1. The molecule has 1 aliphatic heterocycles. The van der Waals surface area contributed by atoms with Gasteiger partial charge in [-0.15, -0.1) is 0 Å². The Morgan fingerprint density at radius 1 is 1.06 bits per heavy atom. The first-order valence-electron chi connectivity index (χ1n) is 16.7. The lowest BCUT2D eigenvalue weighted by molar-refractivity contribution is -0.158. The topological polar surface area (TPSA) is 104 Å². The number of aromatic nitrogens is 3. The zero-order chi connectivity index (χ0) is 36.5. The second kappa shape index (κ2) is 16.7. The summed E-state index contributed by atoms with van der Waals surface area (Å²) in [4.78, 5) is 26.9. The number of nitrogens with zero attached hydrogens (tertiary/aromatic N) is 4. The van der Waals surface area contributed by atoms with Crippen LogP contribution in [0.5, 0.6) is 5.75 Å². The number of benzene rings is 2. The predicted octanol–water partition coefficient (Wildman–Crippen LogP) is 8.13. The van der Waals surface area contributed by atoms with Gasteiger partial charge in [0.2, 0.25) is 5.91 Å². The van der Waals surface area contributed by atoms with Crippen LogP contribution < -0.4 is 20.7 Å². The number of nitrogens with one attached hydrogen (secondary N) is 3. The predicted molar refractivity (Wildman–Crippen MR) is 187 cm³/mol. The summed E-state index contributed by atoms with van der Waals surface area (Å²) in [7, 11) is 0. The molecule has 0 bridgehead atoms. The minimum Gasteiger partial charge on any atom is -0.494 e. The summed E-state index contributed by atoms with van der Waals surface area (Å²) in [5.41, 5.74) is 3.12. The molecule has 1 fully saturated rings. The molecule has 0 spiro atoms. The molecule has 0 unspecified atom stereocenters. The van der Waals surface area contributed by atoms with Crippen molar-refractivity contribution >= 4 is 34.5 Å². The summed E-state index contributed by atoms with van der Waals surface area (Å²) in [6.07, 6.45) is 2.88. The summed E-state index contributed by atoms with van der Waals surface area (Å²) < 4.78 is 73.9. The van der Waals surface area contributed by atoms with Crippen molar-refractivity contribution in [3.63, 3.8) is 0 Å². The van der Waals surface area contributed by atoms with Gasteiger partial charge < -0.3 is 20.7 Å². The zero-order valence-electron chi connectivity index (χ0n) is 28.6. The number of unbranched alkanes of at least 4 members (excludes halogenated alkanes) is 1. The second-order valence-corrected chi connectivity index (χ2v) is 12.3. The molecule has 9 nitrogen and oxygen atoms in total. The molecule has 14 heteroatoms. The maximum atomic E-state index is 14.9. The van der Waals surface area contributed by atoms with E-state index in [-0.39, 0.29) is 36.3 Å². The van der Waals surface area contributed by atoms with E-state index >= 15 is 0 Å². The molecule has 0 radical (unpaired) electrons. The fourth-order valence-electron chi connectivity index (χ4n) is 5.85. The van der Waals surface area contributed by atoms with Crippen LogP contribution in [-0.2, 0) is 17.8 Å². The third-order valence-corrected chi connectivity index (χ3v) is 8.11. The Bertz CT molecular complexity index is 1840. The van der Waals surface area contributed by atoms with Gasteiger partial charge in [-0.05, 0) is 37.8 Å². The summed E-state index contributed by atoms with van der Waals surface area (Å²) in [6.45, 7) is 4.90. The number of anilines is 4. The molecular formula is C37H40F5N7O2. The molecule has 270 valence electrons. The van der Waals surface area contributed by atoms with Crippen LogP contribution in [-0.4, -0.2) is 58.2 Å². The molecule has 3 N–H and O–H groups in total. The minimum absolute atomic E-state index is 0.0295. The Hall–Kier alpha value is -5.11. The maximum Gasteiger partial charge on any atom is 0.401 e. The first-order chi connectivity index (χ1) is 24.4. The average Bonchev–Trinajstić information content (AvgIpc) is 3.04.